The molecule has 4 nitrogen and oxygen atoms in total. The predicted octanol–water partition coefficient (Wildman–Crippen LogP) is 1.78. The van der Waals surface area contributed by atoms with Gasteiger partial charge in [-0.1, -0.05) is 5.16 Å². The molecular weight excluding hydrogens is 166 g/mol. The van der Waals surface area contributed by atoms with Crippen molar-refractivity contribution in [2.75, 3.05) is 0 Å². The van der Waals surface area contributed by atoms with E-state index in [-0.39, 0.29) is 0 Å². The summed E-state index contributed by atoms with van der Waals surface area (Å²) >= 11 is 0. The van der Waals surface area contributed by atoms with Crippen molar-refractivity contribution in [3.8, 4) is 0 Å². The third kappa shape index (κ3) is 0.744. The van der Waals surface area contributed by atoms with Crippen LogP contribution >= 0.6 is 0 Å². The number of aryl methyl sites for hydroxylation is 1. The van der Waals surface area contributed by atoms with Crippen LogP contribution in [0.3, 0.4) is 0 Å². The van der Waals surface area contributed by atoms with E-state index in [1.54, 1.807) is 10.7 Å². The Hall–Kier alpha value is -1.84. The van der Waals surface area contributed by atoms with Crippen molar-refractivity contribution >= 4 is 16.5 Å². The Morgan fingerprint density at radius 2 is 2.31 bits per heavy atom. The van der Waals surface area contributed by atoms with Crippen LogP contribution in [-0.4, -0.2) is 14.8 Å². The van der Waals surface area contributed by atoms with Crippen LogP contribution in [0.4, 0.5) is 0 Å². The van der Waals surface area contributed by atoms with Crippen molar-refractivity contribution in [2.45, 2.75) is 6.92 Å². The van der Waals surface area contributed by atoms with Gasteiger partial charge in [-0.3, -0.25) is 0 Å². The summed E-state index contributed by atoms with van der Waals surface area (Å²) in [6.45, 7) is 2.00. The fourth-order valence-electron chi connectivity index (χ4n) is 1.54. The molecule has 0 aliphatic heterocycles. The minimum absolute atomic E-state index is 0.803. The van der Waals surface area contributed by atoms with Gasteiger partial charge in [0.25, 0.3) is 0 Å². The topological polar surface area (TPSA) is 43.3 Å². The summed E-state index contributed by atoms with van der Waals surface area (Å²) in [6.07, 6.45) is 5.43. The molecule has 0 aromatic carbocycles. The van der Waals surface area contributed by atoms with E-state index < -0.39 is 0 Å². The first kappa shape index (κ1) is 6.65. The van der Waals surface area contributed by atoms with Gasteiger partial charge in [0.05, 0.1) is 12.4 Å². The number of fused-ring (bicyclic) bond motifs is 3. The van der Waals surface area contributed by atoms with Gasteiger partial charge in [-0.15, -0.1) is 0 Å². The van der Waals surface area contributed by atoms with E-state index in [9.17, 15) is 0 Å². The van der Waals surface area contributed by atoms with Crippen LogP contribution in [-0.2, 0) is 0 Å². The second-order valence-corrected chi connectivity index (χ2v) is 3.05. The smallest absolute Gasteiger partial charge is 0.192 e. The Balaban J connectivity index is 2.70. The molecular formula is C9H7N3O. The van der Waals surface area contributed by atoms with Crippen LogP contribution in [0, 0.1) is 6.92 Å². The third-order valence-electron chi connectivity index (χ3n) is 2.19. The third-order valence-corrected chi connectivity index (χ3v) is 2.19. The van der Waals surface area contributed by atoms with E-state index >= 15 is 0 Å². The zero-order chi connectivity index (χ0) is 8.84. The lowest BCUT2D eigenvalue weighted by molar-refractivity contribution is 0.457. The first-order chi connectivity index (χ1) is 6.36. The molecule has 0 atom stereocenters. The first-order valence-corrected chi connectivity index (χ1v) is 4.03. The van der Waals surface area contributed by atoms with Crippen molar-refractivity contribution in [1.29, 1.82) is 0 Å². The molecule has 4 heteroatoms. The fraction of sp³-hybridized carbons (Fsp3) is 0.111. The van der Waals surface area contributed by atoms with Crippen LogP contribution in [0.25, 0.3) is 16.5 Å². The van der Waals surface area contributed by atoms with Gasteiger partial charge in [0.2, 0.25) is 0 Å². The highest BCUT2D eigenvalue weighted by Gasteiger charge is 2.07. The maximum atomic E-state index is 5.16. The molecule has 13 heavy (non-hydrogen) atoms. The Bertz CT molecular complexity index is 579. The molecule has 0 amide bonds. The Kier molecular flexibility index (Phi) is 1.07. The molecule has 3 aromatic rings. The summed E-state index contributed by atoms with van der Waals surface area (Å²) in [5, 5.41) is 8.94. The van der Waals surface area contributed by atoms with E-state index in [0.717, 1.165) is 22.0 Å². The molecule has 3 rings (SSSR count). The number of rotatable bonds is 0. The SMILES string of the molecule is Cc1cnn2ccc3cnoc3c12. The van der Waals surface area contributed by atoms with E-state index in [1.807, 2.05) is 25.4 Å². The van der Waals surface area contributed by atoms with Gasteiger partial charge in [0.1, 0.15) is 5.52 Å². The zero-order valence-corrected chi connectivity index (χ0v) is 7.06. The molecule has 0 spiro atoms. The summed E-state index contributed by atoms with van der Waals surface area (Å²) in [5.74, 6) is 0. The van der Waals surface area contributed by atoms with Gasteiger partial charge in [-0.25, -0.2) is 4.52 Å². The average Bonchev–Trinajstić information content (AvgIpc) is 2.70. The predicted molar refractivity (Wildman–Crippen MR) is 47.5 cm³/mol. The highest BCUT2D eigenvalue weighted by atomic mass is 16.5. The lowest BCUT2D eigenvalue weighted by atomic mass is 10.2. The molecule has 0 saturated carbocycles. The number of pyridine rings is 1. The van der Waals surface area contributed by atoms with Crippen LogP contribution in [0.5, 0.6) is 0 Å². The lowest BCUT2D eigenvalue weighted by Crippen LogP contribution is -1.84. The number of hydrogen-bond donors (Lipinski definition) is 0. The zero-order valence-electron chi connectivity index (χ0n) is 7.06. The maximum Gasteiger partial charge on any atom is 0.192 e. The van der Waals surface area contributed by atoms with Gasteiger partial charge >= 0.3 is 0 Å². The van der Waals surface area contributed by atoms with Gasteiger partial charge in [-0.2, -0.15) is 5.10 Å². The standard InChI is InChI=1S/C9H7N3O/c1-6-4-10-12-3-2-7-5-11-13-9(7)8(6)12/h2-5H,1H3. The van der Waals surface area contributed by atoms with E-state index in [2.05, 4.69) is 10.3 Å². The van der Waals surface area contributed by atoms with E-state index in [0.29, 0.717) is 0 Å². The molecule has 0 aliphatic carbocycles. The largest absolute Gasteiger partial charge is 0.354 e. The quantitative estimate of drug-likeness (QED) is 0.520. The molecule has 0 radical (unpaired) electrons. The van der Waals surface area contributed by atoms with Crippen molar-refractivity contribution in [1.82, 2.24) is 14.8 Å². The van der Waals surface area contributed by atoms with Crippen molar-refractivity contribution < 1.29 is 4.52 Å². The second-order valence-electron chi connectivity index (χ2n) is 3.05. The Morgan fingerprint density at radius 3 is 3.23 bits per heavy atom. The van der Waals surface area contributed by atoms with Gasteiger partial charge in [0.15, 0.2) is 5.58 Å². The monoisotopic (exact) mass is 173 g/mol. The molecule has 0 bridgehead atoms. The highest BCUT2D eigenvalue weighted by molar-refractivity contribution is 5.91. The minimum Gasteiger partial charge on any atom is -0.354 e. The Labute approximate surface area is 73.7 Å². The van der Waals surface area contributed by atoms with Crippen molar-refractivity contribution in [3.05, 3.63) is 30.2 Å². The maximum absolute atomic E-state index is 5.16. The molecule has 0 aliphatic rings. The van der Waals surface area contributed by atoms with Crippen LogP contribution < -0.4 is 0 Å². The number of nitrogens with zero attached hydrogens (tertiary/aromatic N) is 3. The van der Waals surface area contributed by atoms with Crippen LogP contribution in [0.15, 0.2) is 29.2 Å². The molecule has 64 valence electrons. The number of aromatic nitrogens is 3. The highest BCUT2D eigenvalue weighted by Crippen LogP contribution is 2.21. The molecule has 3 aromatic heterocycles. The van der Waals surface area contributed by atoms with Crippen LogP contribution in [0.2, 0.25) is 0 Å². The summed E-state index contributed by atoms with van der Waals surface area (Å²) in [6, 6.07) is 1.94. The molecule has 0 saturated heterocycles. The molecule has 0 fully saturated rings. The Morgan fingerprint density at radius 1 is 1.38 bits per heavy atom. The summed E-state index contributed by atoms with van der Waals surface area (Å²) in [4.78, 5) is 0. The lowest BCUT2D eigenvalue weighted by Gasteiger charge is -1.92. The molecule has 0 N–H and O–H groups in total. The van der Waals surface area contributed by atoms with Gasteiger partial charge < -0.3 is 4.52 Å². The van der Waals surface area contributed by atoms with Gasteiger partial charge in [-0.05, 0) is 18.6 Å². The summed E-state index contributed by atoms with van der Waals surface area (Å²) in [5.41, 5.74) is 2.90. The van der Waals surface area contributed by atoms with E-state index in [1.165, 1.54) is 0 Å². The van der Waals surface area contributed by atoms with Crippen LogP contribution in [0.1, 0.15) is 5.56 Å². The fourth-order valence-corrected chi connectivity index (χ4v) is 1.54. The molecule has 3 heterocycles. The van der Waals surface area contributed by atoms with E-state index in [4.69, 9.17) is 4.52 Å². The van der Waals surface area contributed by atoms with Crippen molar-refractivity contribution in [2.24, 2.45) is 0 Å². The average molecular weight is 173 g/mol. The van der Waals surface area contributed by atoms with Crippen molar-refractivity contribution in [3.63, 3.8) is 0 Å². The molecule has 0 unspecified atom stereocenters. The minimum atomic E-state index is 0.803. The van der Waals surface area contributed by atoms with Gasteiger partial charge in [0, 0.05) is 11.6 Å². The number of hydrogen-bond acceptors (Lipinski definition) is 3. The second kappa shape index (κ2) is 2.10. The normalized spacial score (nSPS) is 11.5. The summed E-state index contributed by atoms with van der Waals surface area (Å²) < 4.78 is 6.95. The first-order valence-electron chi connectivity index (χ1n) is 4.03. The summed E-state index contributed by atoms with van der Waals surface area (Å²) in [7, 11) is 0.